The molecule has 0 saturated carbocycles. The van der Waals surface area contributed by atoms with Gasteiger partial charge in [-0.15, -0.1) is 11.8 Å². The monoisotopic (exact) mass is 392 g/mol. The van der Waals surface area contributed by atoms with Crippen molar-refractivity contribution >= 4 is 40.9 Å². The highest BCUT2D eigenvalue weighted by molar-refractivity contribution is 7.99. The van der Waals surface area contributed by atoms with E-state index in [9.17, 15) is 4.79 Å². The minimum absolute atomic E-state index is 0.0836. The number of fused-ring (bicyclic) bond motifs is 2. The molecule has 0 aromatic heterocycles. The molecule has 0 spiro atoms. The number of urea groups is 1. The van der Waals surface area contributed by atoms with Crippen molar-refractivity contribution in [1.82, 2.24) is 5.32 Å². The molecule has 5 heteroatoms. The van der Waals surface area contributed by atoms with Crippen LogP contribution in [0.2, 0.25) is 0 Å². The van der Waals surface area contributed by atoms with Crippen LogP contribution in [0, 0.1) is 6.92 Å². The smallest absolute Gasteiger partial charge is 0.326 e. The van der Waals surface area contributed by atoms with Crippen LogP contribution >= 0.6 is 23.5 Å². The summed E-state index contributed by atoms with van der Waals surface area (Å²) in [4.78, 5) is 18.2. The Morgan fingerprint density at radius 3 is 2.15 bits per heavy atom. The van der Waals surface area contributed by atoms with Gasteiger partial charge < -0.3 is 5.32 Å². The van der Waals surface area contributed by atoms with E-state index in [0.29, 0.717) is 6.54 Å². The van der Waals surface area contributed by atoms with Gasteiger partial charge in [0, 0.05) is 27.0 Å². The van der Waals surface area contributed by atoms with Crippen molar-refractivity contribution in [3.8, 4) is 0 Å². The van der Waals surface area contributed by atoms with Crippen LogP contribution in [-0.4, -0.2) is 18.3 Å². The second kappa shape index (κ2) is 8.11. The first kappa shape index (κ1) is 18.0. The molecule has 1 aliphatic rings. The molecule has 0 radical (unpaired) electrons. The van der Waals surface area contributed by atoms with Crippen LogP contribution in [0.3, 0.4) is 0 Å². The van der Waals surface area contributed by atoms with Crippen LogP contribution in [0.5, 0.6) is 0 Å². The molecule has 3 aromatic rings. The molecule has 3 aromatic carbocycles. The lowest BCUT2D eigenvalue weighted by Gasteiger charge is -2.31. The second-order valence-electron chi connectivity index (χ2n) is 6.27. The van der Waals surface area contributed by atoms with Crippen molar-refractivity contribution in [2.75, 3.05) is 17.2 Å². The van der Waals surface area contributed by atoms with Crippen molar-refractivity contribution in [3.05, 3.63) is 78.4 Å². The number of aryl methyl sites for hydroxylation is 1. The van der Waals surface area contributed by atoms with Gasteiger partial charge in [-0.05, 0) is 43.3 Å². The number of anilines is 2. The predicted molar refractivity (Wildman–Crippen MR) is 114 cm³/mol. The summed E-state index contributed by atoms with van der Waals surface area (Å²) in [5.74, 6) is 0.834. The Balaban J connectivity index is 1.45. The predicted octanol–water partition coefficient (Wildman–Crippen LogP) is 6.10. The lowest BCUT2D eigenvalue weighted by atomic mass is 10.2. The van der Waals surface area contributed by atoms with E-state index >= 15 is 0 Å². The molecule has 3 nitrogen and oxygen atoms in total. The molecule has 2 amide bonds. The Morgan fingerprint density at radius 1 is 0.926 bits per heavy atom. The first-order valence-corrected chi connectivity index (χ1v) is 10.7. The zero-order valence-corrected chi connectivity index (χ0v) is 16.6. The number of nitrogens with one attached hydrogen (secondary N) is 1. The van der Waals surface area contributed by atoms with Gasteiger partial charge in [0.1, 0.15) is 0 Å². The van der Waals surface area contributed by atoms with Crippen molar-refractivity contribution in [1.29, 1.82) is 0 Å². The zero-order chi connectivity index (χ0) is 18.6. The van der Waals surface area contributed by atoms with E-state index in [0.717, 1.165) is 26.9 Å². The van der Waals surface area contributed by atoms with E-state index in [1.807, 2.05) is 36.4 Å². The van der Waals surface area contributed by atoms with Crippen LogP contribution in [0.4, 0.5) is 16.2 Å². The fraction of sp³-hybridized carbons (Fsp3) is 0.136. The maximum atomic E-state index is 13.0. The quantitative estimate of drug-likeness (QED) is 0.430. The van der Waals surface area contributed by atoms with Crippen molar-refractivity contribution < 1.29 is 4.79 Å². The highest BCUT2D eigenvalue weighted by Gasteiger charge is 2.27. The number of rotatable bonds is 4. The SMILES string of the molecule is Cc1ccc(SCCNC(=O)N2c3ccccc3Sc3ccccc32)cc1. The third-order valence-electron chi connectivity index (χ3n) is 4.30. The summed E-state index contributed by atoms with van der Waals surface area (Å²) in [5, 5.41) is 3.07. The summed E-state index contributed by atoms with van der Waals surface area (Å²) in [6.07, 6.45) is 0. The first-order valence-electron chi connectivity index (χ1n) is 8.86. The third kappa shape index (κ3) is 3.99. The Bertz CT molecular complexity index is 911. The normalized spacial score (nSPS) is 12.3. The maximum Gasteiger partial charge on any atom is 0.326 e. The molecule has 4 rings (SSSR count). The van der Waals surface area contributed by atoms with Crippen LogP contribution in [-0.2, 0) is 0 Å². The van der Waals surface area contributed by atoms with Crippen LogP contribution in [0.25, 0.3) is 0 Å². The lowest BCUT2D eigenvalue weighted by Crippen LogP contribution is -2.39. The van der Waals surface area contributed by atoms with Crippen molar-refractivity contribution in [2.24, 2.45) is 0 Å². The molecule has 1 N–H and O–H groups in total. The highest BCUT2D eigenvalue weighted by atomic mass is 32.2. The van der Waals surface area contributed by atoms with E-state index in [1.165, 1.54) is 10.5 Å². The molecule has 0 aliphatic carbocycles. The number of carbonyl (C=O) groups is 1. The van der Waals surface area contributed by atoms with E-state index < -0.39 is 0 Å². The van der Waals surface area contributed by atoms with Gasteiger partial charge in [-0.25, -0.2) is 4.79 Å². The summed E-state index contributed by atoms with van der Waals surface area (Å²) in [6.45, 7) is 2.70. The zero-order valence-electron chi connectivity index (χ0n) is 15.0. The Hall–Kier alpha value is -2.37. The van der Waals surface area contributed by atoms with E-state index in [1.54, 1.807) is 28.4 Å². The number of thioether (sulfide) groups is 1. The van der Waals surface area contributed by atoms with Crippen LogP contribution in [0.1, 0.15) is 5.56 Å². The second-order valence-corrected chi connectivity index (χ2v) is 8.52. The molecule has 0 bridgehead atoms. The number of amides is 2. The number of benzene rings is 3. The largest absolute Gasteiger partial charge is 0.337 e. The fourth-order valence-electron chi connectivity index (χ4n) is 2.96. The fourth-order valence-corrected chi connectivity index (χ4v) is 4.79. The topological polar surface area (TPSA) is 32.3 Å². The minimum atomic E-state index is -0.0836. The molecule has 0 unspecified atom stereocenters. The molecule has 1 heterocycles. The Kier molecular flexibility index (Phi) is 5.41. The minimum Gasteiger partial charge on any atom is -0.337 e. The lowest BCUT2D eigenvalue weighted by molar-refractivity contribution is 0.249. The van der Waals surface area contributed by atoms with Gasteiger partial charge in [0.05, 0.1) is 11.4 Å². The first-order chi connectivity index (χ1) is 13.2. The van der Waals surface area contributed by atoms with Gasteiger partial charge >= 0.3 is 6.03 Å². The number of nitrogens with zero attached hydrogens (tertiary/aromatic N) is 1. The number of para-hydroxylation sites is 2. The third-order valence-corrected chi connectivity index (χ3v) is 6.45. The average molecular weight is 393 g/mol. The number of carbonyl (C=O) groups excluding carboxylic acids is 1. The molecular weight excluding hydrogens is 372 g/mol. The van der Waals surface area contributed by atoms with E-state index in [4.69, 9.17) is 0 Å². The summed E-state index contributed by atoms with van der Waals surface area (Å²) in [6, 6.07) is 24.5. The Labute approximate surface area is 168 Å². The van der Waals surface area contributed by atoms with Gasteiger partial charge in [0.15, 0.2) is 0 Å². The summed E-state index contributed by atoms with van der Waals surface area (Å²) in [7, 11) is 0. The van der Waals surface area contributed by atoms with Gasteiger partial charge in [0.2, 0.25) is 0 Å². The van der Waals surface area contributed by atoms with Crippen LogP contribution in [0.15, 0.2) is 87.5 Å². The van der Waals surface area contributed by atoms with Crippen LogP contribution < -0.4 is 10.2 Å². The summed E-state index contributed by atoms with van der Waals surface area (Å²) >= 11 is 3.46. The molecule has 27 heavy (non-hydrogen) atoms. The highest BCUT2D eigenvalue weighted by Crippen LogP contribution is 2.47. The molecule has 0 atom stereocenters. The summed E-state index contributed by atoms with van der Waals surface area (Å²) < 4.78 is 0. The molecule has 136 valence electrons. The molecular formula is C22H20N2OS2. The van der Waals surface area contributed by atoms with Gasteiger partial charge in [0.25, 0.3) is 0 Å². The van der Waals surface area contributed by atoms with E-state index in [2.05, 4.69) is 48.6 Å². The number of hydrogen-bond acceptors (Lipinski definition) is 3. The van der Waals surface area contributed by atoms with Gasteiger partial charge in [-0.3, -0.25) is 4.90 Å². The van der Waals surface area contributed by atoms with Gasteiger partial charge in [-0.1, -0.05) is 53.7 Å². The molecule has 0 saturated heterocycles. The molecule has 1 aliphatic heterocycles. The van der Waals surface area contributed by atoms with E-state index in [-0.39, 0.29) is 6.03 Å². The van der Waals surface area contributed by atoms with Crippen molar-refractivity contribution in [3.63, 3.8) is 0 Å². The standard InChI is InChI=1S/C22H20N2OS2/c1-16-10-12-17(13-11-16)26-15-14-23-22(25)24-18-6-2-4-8-20(18)27-21-9-5-3-7-19(21)24/h2-13H,14-15H2,1H3,(H,23,25). The maximum absolute atomic E-state index is 13.0. The molecule has 0 fully saturated rings. The van der Waals surface area contributed by atoms with Gasteiger partial charge in [-0.2, -0.15) is 0 Å². The number of hydrogen-bond donors (Lipinski definition) is 1. The van der Waals surface area contributed by atoms with Crippen molar-refractivity contribution in [2.45, 2.75) is 21.6 Å². The average Bonchev–Trinajstić information content (AvgIpc) is 2.70. The summed E-state index contributed by atoms with van der Waals surface area (Å²) in [5.41, 5.74) is 3.13. The Morgan fingerprint density at radius 2 is 1.52 bits per heavy atom.